The van der Waals surface area contributed by atoms with Crippen LogP contribution in [0.3, 0.4) is 0 Å². The Balaban J connectivity index is 3.09. The van der Waals surface area contributed by atoms with Crippen molar-refractivity contribution in [2.24, 2.45) is 0 Å². The fourth-order valence-corrected chi connectivity index (χ4v) is 0.885. The van der Waals surface area contributed by atoms with Crippen molar-refractivity contribution < 1.29 is 4.74 Å². The Labute approximate surface area is 82.4 Å². The van der Waals surface area contributed by atoms with Crippen LogP contribution in [0.2, 0.25) is 0 Å². The lowest BCUT2D eigenvalue weighted by Crippen LogP contribution is -2.36. The van der Waals surface area contributed by atoms with Crippen LogP contribution in [0.5, 0.6) is 0 Å². The fourth-order valence-electron chi connectivity index (χ4n) is 0.885. The van der Waals surface area contributed by atoms with Crippen molar-refractivity contribution in [3.05, 3.63) is 12.2 Å². The Morgan fingerprint density at radius 1 is 1.31 bits per heavy atom. The van der Waals surface area contributed by atoms with Crippen molar-refractivity contribution in [1.29, 1.82) is 0 Å². The van der Waals surface area contributed by atoms with Gasteiger partial charge in [-0.3, -0.25) is 0 Å². The Kier molecular flexibility index (Phi) is 6.92. The lowest BCUT2D eigenvalue weighted by Gasteiger charge is -2.20. The van der Waals surface area contributed by atoms with Crippen LogP contribution in [0, 0.1) is 0 Å². The van der Waals surface area contributed by atoms with Crippen LogP contribution >= 0.6 is 0 Å². The highest BCUT2D eigenvalue weighted by Crippen LogP contribution is 1.97. The average molecular weight is 185 g/mol. The quantitative estimate of drug-likeness (QED) is 0.506. The first-order valence-corrected chi connectivity index (χ1v) is 5.00. The highest BCUT2D eigenvalue weighted by Gasteiger charge is 2.06. The van der Waals surface area contributed by atoms with Gasteiger partial charge >= 0.3 is 0 Å². The van der Waals surface area contributed by atoms with Crippen LogP contribution in [0.1, 0.15) is 34.1 Å². The largest absolute Gasteiger partial charge is 0.377 e. The van der Waals surface area contributed by atoms with Gasteiger partial charge in [-0.1, -0.05) is 12.2 Å². The summed E-state index contributed by atoms with van der Waals surface area (Å²) in [6, 6.07) is 0. The van der Waals surface area contributed by atoms with Gasteiger partial charge in [0.05, 0.1) is 6.61 Å². The second-order valence-electron chi connectivity index (χ2n) is 4.17. The lowest BCUT2D eigenvalue weighted by atomic mass is 10.1. The van der Waals surface area contributed by atoms with E-state index in [1.807, 2.05) is 19.1 Å². The fraction of sp³-hybridized carbons (Fsp3) is 0.818. The van der Waals surface area contributed by atoms with Crippen molar-refractivity contribution in [3.8, 4) is 0 Å². The van der Waals surface area contributed by atoms with Gasteiger partial charge in [-0.25, -0.2) is 0 Å². The topological polar surface area (TPSA) is 21.3 Å². The summed E-state index contributed by atoms with van der Waals surface area (Å²) in [5.41, 5.74) is 0.226. The molecule has 2 heteroatoms. The molecule has 0 aliphatic carbocycles. The molecule has 13 heavy (non-hydrogen) atoms. The van der Waals surface area contributed by atoms with E-state index in [1.165, 1.54) is 0 Å². The van der Waals surface area contributed by atoms with Crippen LogP contribution in [0.15, 0.2) is 12.2 Å². The summed E-state index contributed by atoms with van der Waals surface area (Å²) in [6.45, 7) is 11.1. The van der Waals surface area contributed by atoms with Crippen LogP contribution in [0.4, 0.5) is 0 Å². The van der Waals surface area contributed by atoms with E-state index in [0.717, 1.165) is 26.2 Å². The predicted octanol–water partition coefficient (Wildman–Crippen LogP) is 2.36. The van der Waals surface area contributed by atoms with Gasteiger partial charge in [0.25, 0.3) is 0 Å². The molecule has 0 heterocycles. The summed E-state index contributed by atoms with van der Waals surface area (Å²) in [5.74, 6) is 0. The minimum Gasteiger partial charge on any atom is -0.377 e. The molecule has 0 amide bonds. The standard InChI is InChI=1S/C11H23NO/c1-5-6-9-13-10-7-8-12-11(2,3)4/h5-6,12H,7-10H2,1-4H3. The maximum absolute atomic E-state index is 5.36. The summed E-state index contributed by atoms with van der Waals surface area (Å²) >= 11 is 0. The molecule has 0 unspecified atom stereocenters. The molecule has 0 rings (SSSR count). The molecule has 0 saturated heterocycles. The Bertz CT molecular complexity index is 136. The second kappa shape index (κ2) is 7.10. The molecule has 0 radical (unpaired) electrons. The van der Waals surface area contributed by atoms with Gasteiger partial charge < -0.3 is 10.1 Å². The number of allylic oxidation sites excluding steroid dienone is 1. The smallest absolute Gasteiger partial charge is 0.0647 e. The molecular formula is C11H23NO. The van der Waals surface area contributed by atoms with E-state index in [-0.39, 0.29) is 5.54 Å². The maximum atomic E-state index is 5.36. The zero-order chi connectivity index (χ0) is 10.2. The number of hydrogen-bond donors (Lipinski definition) is 1. The van der Waals surface area contributed by atoms with Gasteiger partial charge in [-0.15, -0.1) is 0 Å². The summed E-state index contributed by atoms with van der Waals surface area (Å²) in [4.78, 5) is 0. The summed E-state index contributed by atoms with van der Waals surface area (Å²) in [5, 5.41) is 3.41. The van der Waals surface area contributed by atoms with E-state index in [9.17, 15) is 0 Å². The summed E-state index contributed by atoms with van der Waals surface area (Å²) in [7, 11) is 0. The number of nitrogens with one attached hydrogen (secondary N) is 1. The van der Waals surface area contributed by atoms with Gasteiger partial charge in [0, 0.05) is 12.1 Å². The molecule has 0 spiro atoms. The molecule has 0 aromatic rings. The van der Waals surface area contributed by atoms with Gasteiger partial charge in [-0.05, 0) is 40.7 Å². The molecule has 0 atom stereocenters. The van der Waals surface area contributed by atoms with E-state index in [4.69, 9.17) is 4.74 Å². The second-order valence-corrected chi connectivity index (χ2v) is 4.17. The molecule has 0 fully saturated rings. The number of rotatable bonds is 6. The Morgan fingerprint density at radius 3 is 2.54 bits per heavy atom. The van der Waals surface area contributed by atoms with E-state index < -0.39 is 0 Å². The third-order valence-electron chi connectivity index (χ3n) is 1.57. The van der Waals surface area contributed by atoms with E-state index in [2.05, 4.69) is 26.1 Å². The van der Waals surface area contributed by atoms with Crippen molar-refractivity contribution in [3.63, 3.8) is 0 Å². The SMILES string of the molecule is CC=CCOCCCNC(C)(C)C. The summed E-state index contributed by atoms with van der Waals surface area (Å²) in [6.07, 6.45) is 5.11. The minimum atomic E-state index is 0.226. The number of hydrogen-bond acceptors (Lipinski definition) is 2. The van der Waals surface area contributed by atoms with Crippen LogP contribution in [-0.2, 0) is 4.74 Å². The van der Waals surface area contributed by atoms with E-state index in [1.54, 1.807) is 0 Å². The van der Waals surface area contributed by atoms with Gasteiger partial charge in [-0.2, -0.15) is 0 Å². The van der Waals surface area contributed by atoms with E-state index >= 15 is 0 Å². The van der Waals surface area contributed by atoms with E-state index in [0.29, 0.717) is 0 Å². The third-order valence-corrected chi connectivity index (χ3v) is 1.57. The molecule has 0 aliphatic rings. The van der Waals surface area contributed by atoms with Crippen molar-refractivity contribution in [2.75, 3.05) is 19.8 Å². The van der Waals surface area contributed by atoms with Crippen molar-refractivity contribution in [1.82, 2.24) is 5.32 Å². The maximum Gasteiger partial charge on any atom is 0.0647 e. The van der Waals surface area contributed by atoms with Gasteiger partial charge in [0.2, 0.25) is 0 Å². The first-order chi connectivity index (χ1) is 6.06. The van der Waals surface area contributed by atoms with Crippen molar-refractivity contribution in [2.45, 2.75) is 39.7 Å². The first-order valence-electron chi connectivity index (χ1n) is 5.00. The molecular weight excluding hydrogens is 162 g/mol. The molecule has 2 nitrogen and oxygen atoms in total. The Hall–Kier alpha value is -0.340. The van der Waals surface area contributed by atoms with Crippen LogP contribution in [0.25, 0.3) is 0 Å². The molecule has 0 aromatic carbocycles. The van der Waals surface area contributed by atoms with Gasteiger partial charge in [0.15, 0.2) is 0 Å². The molecule has 0 aromatic heterocycles. The van der Waals surface area contributed by atoms with Crippen molar-refractivity contribution >= 4 is 0 Å². The lowest BCUT2D eigenvalue weighted by molar-refractivity contribution is 0.157. The summed E-state index contributed by atoms with van der Waals surface area (Å²) < 4.78 is 5.36. The molecule has 0 aliphatic heterocycles. The normalized spacial score (nSPS) is 12.6. The van der Waals surface area contributed by atoms with Gasteiger partial charge in [0.1, 0.15) is 0 Å². The Morgan fingerprint density at radius 2 is 2.00 bits per heavy atom. The molecule has 0 bridgehead atoms. The first kappa shape index (κ1) is 12.7. The third kappa shape index (κ3) is 11.7. The molecule has 1 N–H and O–H groups in total. The molecule has 0 saturated carbocycles. The number of ether oxygens (including phenoxy) is 1. The highest BCUT2D eigenvalue weighted by atomic mass is 16.5. The van der Waals surface area contributed by atoms with Crippen LogP contribution < -0.4 is 5.32 Å². The zero-order valence-electron chi connectivity index (χ0n) is 9.39. The zero-order valence-corrected chi connectivity index (χ0v) is 9.39. The van der Waals surface area contributed by atoms with Crippen LogP contribution in [-0.4, -0.2) is 25.3 Å². The minimum absolute atomic E-state index is 0.226. The molecule has 78 valence electrons. The monoisotopic (exact) mass is 185 g/mol. The average Bonchev–Trinajstić information content (AvgIpc) is 2.01. The highest BCUT2D eigenvalue weighted by molar-refractivity contribution is 4.75. The predicted molar refractivity (Wildman–Crippen MR) is 58.0 cm³/mol.